The van der Waals surface area contributed by atoms with Gasteiger partial charge in [0.15, 0.2) is 0 Å². The summed E-state index contributed by atoms with van der Waals surface area (Å²) in [5.41, 5.74) is 6.17. The van der Waals surface area contributed by atoms with Crippen LogP contribution in [0.2, 0.25) is 5.15 Å². The van der Waals surface area contributed by atoms with E-state index in [1.807, 2.05) is 29.6 Å². The Labute approximate surface area is 184 Å². The van der Waals surface area contributed by atoms with Crippen molar-refractivity contribution in [3.63, 3.8) is 0 Å². The molecule has 0 aliphatic carbocycles. The van der Waals surface area contributed by atoms with E-state index in [0.29, 0.717) is 21.3 Å². The van der Waals surface area contributed by atoms with Crippen LogP contribution in [0, 0.1) is 25.2 Å². The van der Waals surface area contributed by atoms with Crippen LogP contribution in [0.3, 0.4) is 0 Å². The number of nitrogens with zero attached hydrogens (tertiary/aromatic N) is 3. The van der Waals surface area contributed by atoms with Gasteiger partial charge in [-0.25, -0.2) is 9.97 Å². The number of halogens is 1. The second-order valence-corrected chi connectivity index (χ2v) is 8.17. The molecule has 0 unspecified atom stereocenters. The molecular formula is C24H18ClN3OS. The van der Waals surface area contributed by atoms with Gasteiger partial charge in [0, 0.05) is 21.9 Å². The third kappa shape index (κ3) is 3.93. The van der Waals surface area contributed by atoms with Gasteiger partial charge in [-0.05, 0) is 49.8 Å². The van der Waals surface area contributed by atoms with Gasteiger partial charge in [-0.1, -0.05) is 35.4 Å². The topological polar surface area (TPSA) is 58.8 Å². The van der Waals surface area contributed by atoms with Crippen molar-refractivity contribution in [1.29, 1.82) is 5.26 Å². The molecular weight excluding hydrogens is 414 g/mol. The molecule has 2 aromatic heterocycles. The van der Waals surface area contributed by atoms with Crippen molar-refractivity contribution in [3.8, 4) is 23.1 Å². The first kappa shape index (κ1) is 20.1. The number of fused-ring (bicyclic) bond motifs is 1. The molecule has 0 amide bonds. The molecule has 0 saturated heterocycles. The normalized spacial score (nSPS) is 11.5. The number of methoxy groups -OCH3 is 1. The number of benzene rings is 2. The van der Waals surface area contributed by atoms with E-state index in [-0.39, 0.29) is 0 Å². The molecule has 2 aromatic carbocycles. The number of hydrogen-bond acceptors (Lipinski definition) is 5. The summed E-state index contributed by atoms with van der Waals surface area (Å²) in [6.07, 6.45) is 1.73. The van der Waals surface area contributed by atoms with Crippen molar-refractivity contribution in [1.82, 2.24) is 9.97 Å². The molecule has 0 fully saturated rings. The van der Waals surface area contributed by atoms with E-state index >= 15 is 0 Å². The van der Waals surface area contributed by atoms with Crippen LogP contribution >= 0.6 is 22.9 Å². The number of hydrogen-bond donors (Lipinski definition) is 0. The van der Waals surface area contributed by atoms with Crippen LogP contribution in [0.1, 0.15) is 21.7 Å². The van der Waals surface area contributed by atoms with Crippen LogP contribution in [0.5, 0.6) is 5.75 Å². The van der Waals surface area contributed by atoms with Crippen molar-refractivity contribution < 1.29 is 4.74 Å². The molecule has 0 bridgehead atoms. The van der Waals surface area contributed by atoms with Gasteiger partial charge in [0.1, 0.15) is 22.0 Å². The van der Waals surface area contributed by atoms with Crippen LogP contribution in [-0.4, -0.2) is 17.1 Å². The first-order valence-corrected chi connectivity index (χ1v) is 10.5. The van der Waals surface area contributed by atoms with Crippen LogP contribution in [0.4, 0.5) is 0 Å². The number of ether oxygens (including phenoxy) is 1. The molecule has 0 spiro atoms. The van der Waals surface area contributed by atoms with Crippen molar-refractivity contribution >= 4 is 45.5 Å². The lowest BCUT2D eigenvalue weighted by Crippen LogP contribution is -1.89. The highest BCUT2D eigenvalue weighted by Gasteiger charge is 2.12. The van der Waals surface area contributed by atoms with Crippen LogP contribution in [0.15, 0.2) is 47.8 Å². The van der Waals surface area contributed by atoms with Gasteiger partial charge in [-0.2, -0.15) is 5.26 Å². The zero-order chi connectivity index (χ0) is 21.3. The lowest BCUT2D eigenvalue weighted by atomic mass is 10.0. The van der Waals surface area contributed by atoms with Crippen molar-refractivity contribution in [2.45, 2.75) is 13.8 Å². The Morgan fingerprint density at radius 2 is 1.97 bits per heavy atom. The fourth-order valence-corrected chi connectivity index (χ4v) is 4.28. The van der Waals surface area contributed by atoms with Crippen LogP contribution in [0.25, 0.3) is 33.8 Å². The van der Waals surface area contributed by atoms with E-state index in [1.54, 1.807) is 13.2 Å². The van der Waals surface area contributed by atoms with E-state index < -0.39 is 0 Å². The van der Waals surface area contributed by atoms with E-state index in [9.17, 15) is 5.26 Å². The summed E-state index contributed by atoms with van der Waals surface area (Å²) in [4.78, 5) is 9.15. The molecule has 6 heteroatoms. The van der Waals surface area contributed by atoms with E-state index in [0.717, 1.165) is 33.5 Å². The SMILES string of the molecule is COc1ccc2nc(Cl)c(/C=C(\C#N)c3nc(-c4ccc(C)cc4C)cs3)cc2c1. The zero-order valence-corrected chi connectivity index (χ0v) is 18.3. The molecule has 4 aromatic rings. The van der Waals surface area contributed by atoms with Gasteiger partial charge in [0.25, 0.3) is 0 Å². The Bertz CT molecular complexity index is 1330. The Morgan fingerprint density at radius 1 is 1.13 bits per heavy atom. The number of pyridine rings is 1. The highest BCUT2D eigenvalue weighted by Crippen LogP contribution is 2.31. The molecule has 4 nitrogen and oxygen atoms in total. The van der Waals surface area contributed by atoms with Crippen LogP contribution in [-0.2, 0) is 0 Å². The summed E-state index contributed by atoms with van der Waals surface area (Å²) in [6, 6.07) is 16.0. The molecule has 4 rings (SSSR count). The lowest BCUT2D eigenvalue weighted by molar-refractivity contribution is 0.415. The number of thiazole rings is 1. The fraction of sp³-hybridized carbons (Fsp3) is 0.125. The Balaban J connectivity index is 1.75. The first-order chi connectivity index (χ1) is 14.5. The van der Waals surface area contributed by atoms with E-state index in [1.165, 1.54) is 16.9 Å². The Hall–Kier alpha value is -3.20. The quantitative estimate of drug-likeness (QED) is 0.266. The monoisotopic (exact) mass is 431 g/mol. The third-order valence-electron chi connectivity index (χ3n) is 4.82. The molecule has 0 atom stereocenters. The Morgan fingerprint density at radius 3 is 2.70 bits per heavy atom. The second kappa shape index (κ2) is 8.27. The summed E-state index contributed by atoms with van der Waals surface area (Å²) in [5, 5.41) is 13.6. The highest BCUT2D eigenvalue weighted by molar-refractivity contribution is 7.11. The molecule has 0 N–H and O–H groups in total. The summed E-state index contributed by atoms with van der Waals surface area (Å²) < 4.78 is 5.29. The largest absolute Gasteiger partial charge is 0.497 e. The van der Waals surface area contributed by atoms with Crippen LogP contribution < -0.4 is 4.74 Å². The predicted molar refractivity (Wildman–Crippen MR) is 124 cm³/mol. The summed E-state index contributed by atoms with van der Waals surface area (Å²) >= 11 is 7.83. The van der Waals surface area contributed by atoms with E-state index in [4.69, 9.17) is 21.3 Å². The zero-order valence-electron chi connectivity index (χ0n) is 16.7. The molecule has 2 heterocycles. The summed E-state index contributed by atoms with van der Waals surface area (Å²) in [6.45, 7) is 4.13. The van der Waals surface area contributed by atoms with Gasteiger partial charge >= 0.3 is 0 Å². The van der Waals surface area contributed by atoms with Gasteiger partial charge in [-0.3, -0.25) is 0 Å². The lowest BCUT2D eigenvalue weighted by Gasteiger charge is -2.05. The minimum atomic E-state index is 0.339. The standard InChI is InChI=1S/C24H18ClN3OS/c1-14-4-6-20(15(2)8-14)22-13-30-24(28-22)18(12-26)10-17-9-16-11-19(29-3)5-7-21(16)27-23(17)25/h4-11,13H,1-3H3/b18-10+. The number of rotatable bonds is 4. The highest BCUT2D eigenvalue weighted by atomic mass is 35.5. The average Bonchev–Trinajstić information content (AvgIpc) is 3.21. The first-order valence-electron chi connectivity index (χ1n) is 9.28. The molecule has 148 valence electrons. The third-order valence-corrected chi connectivity index (χ3v) is 5.99. The number of allylic oxidation sites excluding steroid dienone is 1. The van der Waals surface area contributed by atoms with Gasteiger partial charge in [-0.15, -0.1) is 11.3 Å². The smallest absolute Gasteiger partial charge is 0.137 e. The summed E-state index contributed by atoms with van der Waals surface area (Å²) in [5.74, 6) is 0.736. The van der Waals surface area contributed by atoms with Gasteiger partial charge < -0.3 is 4.74 Å². The fourth-order valence-electron chi connectivity index (χ4n) is 3.30. The second-order valence-electron chi connectivity index (χ2n) is 6.95. The maximum absolute atomic E-state index is 9.76. The minimum Gasteiger partial charge on any atom is -0.497 e. The molecule has 0 radical (unpaired) electrons. The van der Waals surface area contributed by atoms with Crippen molar-refractivity contribution in [2.24, 2.45) is 0 Å². The van der Waals surface area contributed by atoms with Gasteiger partial charge in [0.2, 0.25) is 0 Å². The predicted octanol–water partition coefficient (Wildman–Crippen LogP) is 6.70. The van der Waals surface area contributed by atoms with E-state index in [2.05, 4.69) is 43.1 Å². The number of aromatic nitrogens is 2. The Kier molecular flexibility index (Phi) is 5.54. The van der Waals surface area contributed by atoms with Crippen molar-refractivity contribution in [2.75, 3.05) is 7.11 Å². The molecule has 30 heavy (non-hydrogen) atoms. The maximum Gasteiger partial charge on any atom is 0.137 e. The van der Waals surface area contributed by atoms with Gasteiger partial charge in [0.05, 0.1) is 23.9 Å². The molecule has 0 saturated carbocycles. The number of aryl methyl sites for hydroxylation is 2. The van der Waals surface area contributed by atoms with Crippen molar-refractivity contribution in [3.05, 3.63) is 74.7 Å². The number of nitriles is 1. The maximum atomic E-state index is 9.76. The molecule has 0 aliphatic rings. The minimum absolute atomic E-state index is 0.339. The summed E-state index contributed by atoms with van der Waals surface area (Å²) in [7, 11) is 1.62. The average molecular weight is 432 g/mol. The molecule has 0 aliphatic heterocycles.